The van der Waals surface area contributed by atoms with E-state index in [9.17, 15) is 8.78 Å². The van der Waals surface area contributed by atoms with Crippen LogP contribution in [0.1, 0.15) is 44.9 Å². The summed E-state index contributed by atoms with van der Waals surface area (Å²) in [7, 11) is 0. The van der Waals surface area contributed by atoms with Crippen LogP contribution in [0.4, 0.5) is 19.0 Å². The standard InChI is InChI=1S/C25H27ClF3N5O/c26-21-18(29)19-16(11-30-21)22(34-7-2-1-3-15-17(28)20(15)34)32-23(31-19)35-13-25-9-14(10-27)12-33(25)8-6-24(25)4-5-24/h10-11,15,17,20H,1-9,12-13H2/b14-10+/t15-,17-,20-,25-/m0/s1. The number of ether oxygens (including phenoxy) is 1. The monoisotopic (exact) mass is 505 g/mol. The molecule has 4 atom stereocenters. The Labute approximate surface area is 206 Å². The summed E-state index contributed by atoms with van der Waals surface area (Å²) in [5, 5.41) is 0.129. The van der Waals surface area contributed by atoms with Crippen LogP contribution in [-0.2, 0) is 0 Å². The van der Waals surface area contributed by atoms with Crippen molar-refractivity contribution >= 4 is 28.3 Å². The van der Waals surface area contributed by atoms with Crippen molar-refractivity contribution < 1.29 is 17.9 Å². The maximum absolute atomic E-state index is 15.1. The number of alkyl halides is 1. The van der Waals surface area contributed by atoms with Gasteiger partial charge >= 0.3 is 6.01 Å². The first-order chi connectivity index (χ1) is 17.0. The molecule has 7 rings (SSSR count). The summed E-state index contributed by atoms with van der Waals surface area (Å²) in [6, 6.07) is -0.229. The summed E-state index contributed by atoms with van der Waals surface area (Å²) in [6.07, 6.45) is 7.86. The van der Waals surface area contributed by atoms with Crippen molar-refractivity contribution in [2.75, 3.05) is 31.1 Å². The average Bonchev–Trinajstić information content (AvgIpc) is 3.73. The van der Waals surface area contributed by atoms with E-state index in [1.807, 2.05) is 4.90 Å². The molecule has 0 N–H and O–H groups in total. The van der Waals surface area contributed by atoms with E-state index in [2.05, 4.69) is 14.9 Å². The summed E-state index contributed by atoms with van der Waals surface area (Å²) in [5.41, 5.74) is 0.636. The summed E-state index contributed by atoms with van der Waals surface area (Å²) in [6.45, 7) is 2.45. The van der Waals surface area contributed by atoms with Crippen LogP contribution in [0.5, 0.6) is 6.01 Å². The van der Waals surface area contributed by atoms with Crippen LogP contribution >= 0.6 is 11.6 Å². The second-order valence-electron chi connectivity index (χ2n) is 11.0. The Morgan fingerprint density at radius 1 is 1.20 bits per heavy atom. The van der Waals surface area contributed by atoms with Gasteiger partial charge in [-0.3, -0.25) is 4.90 Å². The largest absolute Gasteiger partial charge is 0.461 e. The van der Waals surface area contributed by atoms with E-state index in [-0.39, 0.29) is 39.6 Å². The zero-order valence-corrected chi connectivity index (χ0v) is 20.1. The predicted octanol–water partition coefficient (Wildman–Crippen LogP) is 5.00. The second kappa shape index (κ2) is 7.68. The first-order valence-electron chi connectivity index (χ1n) is 12.5. The molecule has 3 aliphatic heterocycles. The first kappa shape index (κ1) is 22.1. The number of hydrogen-bond acceptors (Lipinski definition) is 6. The van der Waals surface area contributed by atoms with Crippen LogP contribution in [0, 0.1) is 17.2 Å². The van der Waals surface area contributed by atoms with Crippen LogP contribution in [0.25, 0.3) is 10.9 Å². The van der Waals surface area contributed by atoms with E-state index in [1.54, 1.807) is 0 Å². The molecule has 0 amide bonds. The van der Waals surface area contributed by atoms with Crippen LogP contribution in [0.15, 0.2) is 18.1 Å². The van der Waals surface area contributed by atoms with E-state index < -0.39 is 12.0 Å². The van der Waals surface area contributed by atoms with E-state index in [0.717, 1.165) is 57.0 Å². The number of nitrogens with zero attached hydrogens (tertiary/aromatic N) is 5. The van der Waals surface area contributed by atoms with Crippen molar-refractivity contribution in [1.82, 2.24) is 19.9 Å². The molecule has 0 bridgehead atoms. The maximum Gasteiger partial charge on any atom is 0.319 e. The van der Waals surface area contributed by atoms with Crippen molar-refractivity contribution in [2.45, 2.75) is 62.7 Å². The topological polar surface area (TPSA) is 54.4 Å². The molecule has 5 fully saturated rings. The number of hydrogen-bond donors (Lipinski definition) is 0. The molecule has 2 aromatic rings. The molecule has 10 heteroatoms. The second-order valence-corrected chi connectivity index (χ2v) is 11.3. The van der Waals surface area contributed by atoms with Gasteiger partial charge in [0.1, 0.15) is 24.1 Å². The van der Waals surface area contributed by atoms with Gasteiger partial charge in [0.05, 0.1) is 23.3 Å². The van der Waals surface area contributed by atoms with E-state index in [1.165, 1.54) is 6.20 Å². The Hall–Kier alpha value is -2.13. The molecular weight excluding hydrogens is 479 g/mol. The number of fused-ring (bicyclic) bond motifs is 4. The molecule has 3 saturated heterocycles. The van der Waals surface area contributed by atoms with Gasteiger partial charge in [0.2, 0.25) is 0 Å². The lowest BCUT2D eigenvalue weighted by Crippen LogP contribution is -2.49. The first-order valence-corrected chi connectivity index (χ1v) is 12.9. The molecular formula is C25H27ClF3N5O. The SMILES string of the molecule is F/C=C1/CN2CCC3(CC3)[C@@]2(COc2nc(N3CCCC[C@H]4[C@H](F)[C@H]43)c3cnc(Cl)c(F)c3n2)C1. The van der Waals surface area contributed by atoms with Gasteiger partial charge in [-0.15, -0.1) is 0 Å². The normalized spacial score (nSPS) is 34.3. The molecule has 1 spiro atoms. The highest BCUT2D eigenvalue weighted by Crippen LogP contribution is 2.66. The van der Waals surface area contributed by atoms with Crippen LogP contribution < -0.4 is 9.64 Å². The molecule has 0 unspecified atom stereocenters. The third-order valence-corrected chi connectivity index (χ3v) is 9.53. The number of aromatic nitrogens is 3. The number of pyridine rings is 1. The van der Waals surface area contributed by atoms with Crippen LogP contribution in [-0.4, -0.2) is 63.8 Å². The van der Waals surface area contributed by atoms with Gasteiger partial charge in [-0.25, -0.2) is 18.2 Å². The molecule has 2 aliphatic carbocycles. The summed E-state index contributed by atoms with van der Waals surface area (Å²) in [4.78, 5) is 17.3. The molecule has 35 heavy (non-hydrogen) atoms. The third kappa shape index (κ3) is 3.16. The van der Waals surface area contributed by atoms with Crippen molar-refractivity contribution in [3.63, 3.8) is 0 Å². The molecule has 6 nitrogen and oxygen atoms in total. The number of halogens is 4. The van der Waals surface area contributed by atoms with Gasteiger partial charge in [0.15, 0.2) is 11.0 Å². The highest BCUT2D eigenvalue weighted by molar-refractivity contribution is 6.30. The predicted molar refractivity (Wildman–Crippen MR) is 126 cm³/mol. The smallest absolute Gasteiger partial charge is 0.319 e. The van der Waals surface area contributed by atoms with Crippen LogP contribution in [0.2, 0.25) is 5.15 Å². The highest BCUT2D eigenvalue weighted by Gasteiger charge is 2.67. The minimum absolute atomic E-state index is 0.0259. The fourth-order valence-corrected chi connectivity index (χ4v) is 7.28. The molecule has 0 radical (unpaired) electrons. The number of anilines is 1. The van der Waals surface area contributed by atoms with Crippen molar-refractivity contribution in [2.24, 2.45) is 11.3 Å². The minimum Gasteiger partial charge on any atom is -0.461 e. The Morgan fingerprint density at radius 3 is 2.86 bits per heavy atom. The summed E-state index contributed by atoms with van der Waals surface area (Å²) in [5.74, 6) is -0.315. The zero-order valence-electron chi connectivity index (χ0n) is 19.3. The van der Waals surface area contributed by atoms with Crippen molar-refractivity contribution in [3.8, 4) is 6.01 Å². The van der Waals surface area contributed by atoms with Crippen LogP contribution in [0.3, 0.4) is 0 Å². The number of rotatable bonds is 4. The Kier molecular flexibility index (Phi) is 4.85. The molecule has 5 aliphatic rings. The fourth-order valence-electron chi connectivity index (χ4n) is 7.15. The Balaban J connectivity index is 1.28. The lowest BCUT2D eigenvalue weighted by Gasteiger charge is -2.36. The molecule has 2 saturated carbocycles. The minimum atomic E-state index is -0.917. The molecule has 0 aromatic carbocycles. The summed E-state index contributed by atoms with van der Waals surface area (Å²) < 4.78 is 49.4. The van der Waals surface area contributed by atoms with Gasteiger partial charge in [-0.1, -0.05) is 18.0 Å². The molecule has 2 aromatic heterocycles. The third-order valence-electron chi connectivity index (χ3n) is 9.27. The average molecular weight is 506 g/mol. The highest BCUT2D eigenvalue weighted by atomic mass is 35.5. The van der Waals surface area contributed by atoms with Crippen molar-refractivity contribution in [1.29, 1.82) is 0 Å². The lowest BCUT2D eigenvalue weighted by molar-refractivity contribution is 0.0649. The van der Waals surface area contributed by atoms with Gasteiger partial charge < -0.3 is 9.64 Å². The van der Waals surface area contributed by atoms with Crippen molar-refractivity contribution in [3.05, 3.63) is 29.1 Å². The van der Waals surface area contributed by atoms with E-state index in [4.69, 9.17) is 21.3 Å². The fraction of sp³-hybridized carbons (Fsp3) is 0.640. The molecule has 186 valence electrons. The Morgan fingerprint density at radius 2 is 2.06 bits per heavy atom. The summed E-state index contributed by atoms with van der Waals surface area (Å²) >= 11 is 5.99. The lowest BCUT2D eigenvalue weighted by atomic mass is 9.80. The van der Waals surface area contributed by atoms with Gasteiger partial charge in [0, 0.05) is 25.2 Å². The molecule has 5 heterocycles. The van der Waals surface area contributed by atoms with Gasteiger partial charge in [0.25, 0.3) is 0 Å². The van der Waals surface area contributed by atoms with Gasteiger partial charge in [-0.2, -0.15) is 9.97 Å². The van der Waals surface area contributed by atoms with E-state index >= 15 is 4.39 Å². The Bertz CT molecular complexity index is 1240. The quantitative estimate of drug-likeness (QED) is 0.545. The maximum atomic E-state index is 15.1. The zero-order chi connectivity index (χ0) is 23.9. The van der Waals surface area contributed by atoms with Gasteiger partial charge in [-0.05, 0) is 56.1 Å². The van der Waals surface area contributed by atoms with E-state index in [0.29, 0.717) is 37.3 Å².